The lowest BCUT2D eigenvalue weighted by molar-refractivity contribution is -0.145. The summed E-state index contributed by atoms with van der Waals surface area (Å²) in [5.41, 5.74) is 4.73. The second kappa shape index (κ2) is 5.21. The number of carboxylic acid groups (broad SMARTS) is 1. The molecule has 94 valence electrons. The number of hydrogen-bond acceptors (Lipinski definition) is 2. The standard InChI is InChI=1S/C15H16O3/c1-3-11-9-13(12-7-5-4-6-8-12)18-14(11)10(2)15(16)17/h4-8,10,13-14H,1,9H2,2H3,(H,16,17). The predicted molar refractivity (Wildman–Crippen MR) is 68.1 cm³/mol. The average Bonchev–Trinajstić information content (AvgIpc) is 2.82. The van der Waals surface area contributed by atoms with Gasteiger partial charge in [-0.2, -0.15) is 0 Å². The van der Waals surface area contributed by atoms with Gasteiger partial charge in [-0.3, -0.25) is 4.79 Å². The molecule has 1 N–H and O–H groups in total. The summed E-state index contributed by atoms with van der Waals surface area (Å²) in [5, 5.41) is 9.07. The fraction of sp³-hybridized carbons (Fsp3) is 0.333. The summed E-state index contributed by atoms with van der Waals surface area (Å²) in [7, 11) is 0. The van der Waals surface area contributed by atoms with Crippen molar-refractivity contribution in [3.05, 3.63) is 53.8 Å². The van der Waals surface area contributed by atoms with E-state index in [0.29, 0.717) is 6.42 Å². The number of rotatable bonds is 3. The van der Waals surface area contributed by atoms with E-state index in [0.717, 1.165) is 11.1 Å². The van der Waals surface area contributed by atoms with E-state index >= 15 is 0 Å². The van der Waals surface area contributed by atoms with Crippen molar-refractivity contribution in [1.82, 2.24) is 0 Å². The van der Waals surface area contributed by atoms with Crippen LogP contribution in [0.25, 0.3) is 0 Å². The van der Waals surface area contributed by atoms with E-state index in [1.807, 2.05) is 30.3 Å². The summed E-state index contributed by atoms with van der Waals surface area (Å²) in [5.74, 6) is -1.44. The Bertz CT molecular complexity index is 486. The molecule has 1 heterocycles. The highest BCUT2D eigenvalue weighted by Crippen LogP contribution is 2.38. The molecule has 1 aromatic rings. The minimum absolute atomic E-state index is 0.0951. The number of hydrogen-bond donors (Lipinski definition) is 1. The van der Waals surface area contributed by atoms with Crippen molar-refractivity contribution >= 4 is 5.97 Å². The quantitative estimate of drug-likeness (QED) is 0.831. The molecule has 0 bridgehead atoms. The van der Waals surface area contributed by atoms with Crippen LogP contribution >= 0.6 is 0 Å². The van der Waals surface area contributed by atoms with E-state index in [1.165, 1.54) is 0 Å². The maximum atomic E-state index is 11.0. The van der Waals surface area contributed by atoms with E-state index in [2.05, 4.69) is 12.3 Å². The summed E-state index contributed by atoms with van der Waals surface area (Å²) in [6.07, 6.45) is 0.142. The Labute approximate surface area is 106 Å². The molecule has 1 fully saturated rings. The average molecular weight is 244 g/mol. The number of ether oxygens (including phenoxy) is 1. The van der Waals surface area contributed by atoms with Crippen molar-refractivity contribution in [2.75, 3.05) is 0 Å². The minimum Gasteiger partial charge on any atom is -0.481 e. The molecule has 3 nitrogen and oxygen atoms in total. The van der Waals surface area contributed by atoms with E-state index in [1.54, 1.807) is 6.92 Å². The van der Waals surface area contributed by atoms with Crippen molar-refractivity contribution in [3.63, 3.8) is 0 Å². The second-order valence-corrected chi connectivity index (χ2v) is 4.49. The number of carbonyl (C=O) groups is 1. The Kier molecular flexibility index (Phi) is 3.66. The van der Waals surface area contributed by atoms with Gasteiger partial charge in [-0.05, 0) is 12.5 Å². The lowest BCUT2D eigenvalue weighted by atomic mass is 9.96. The van der Waals surface area contributed by atoms with E-state index in [4.69, 9.17) is 9.84 Å². The van der Waals surface area contributed by atoms with Crippen LogP contribution in [-0.4, -0.2) is 17.2 Å². The molecule has 2 rings (SSSR count). The fourth-order valence-corrected chi connectivity index (χ4v) is 2.21. The molecule has 1 aliphatic heterocycles. The van der Waals surface area contributed by atoms with Crippen LogP contribution < -0.4 is 0 Å². The largest absolute Gasteiger partial charge is 0.481 e. The summed E-state index contributed by atoms with van der Waals surface area (Å²) in [6.45, 7) is 5.28. The smallest absolute Gasteiger partial charge is 0.309 e. The van der Waals surface area contributed by atoms with E-state index in [-0.39, 0.29) is 6.10 Å². The minimum atomic E-state index is -0.860. The van der Waals surface area contributed by atoms with Gasteiger partial charge in [0.15, 0.2) is 0 Å². The highest BCUT2D eigenvalue weighted by molar-refractivity contribution is 5.71. The van der Waals surface area contributed by atoms with Gasteiger partial charge in [-0.1, -0.05) is 36.9 Å². The topological polar surface area (TPSA) is 46.5 Å². The molecule has 0 radical (unpaired) electrons. The first-order chi connectivity index (χ1) is 8.63. The monoisotopic (exact) mass is 244 g/mol. The molecular formula is C15H16O3. The van der Waals surface area contributed by atoms with Gasteiger partial charge in [0.05, 0.1) is 18.1 Å². The molecule has 1 saturated heterocycles. The van der Waals surface area contributed by atoms with Crippen LogP contribution in [0.5, 0.6) is 0 Å². The van der Waals surface area contributed by atoms with Gasteiger partial charge in [0.1, 0.15) is 0 Å². The summed E-state index contributed by atoms with van der Waals surface area (Å²) >= 11 is 0. The van der Waals surface area contributed by atoms with Crippen molar-refractivity contribution in [2.24, 2.45) is 5.92 Å². The molecule has 0 aliphatic carbocycles. The summed E-state index contributed by atoms with van der Waals surface area (Å²) < 4.78 is 5.85. The lowest BCUT2D eigenvalue weighted by Gasteiger charge is -2.17. The molecule has 3 unspecified atom stereocenters. The third kappa shape index (κ3) is 2.37. The van der Waals surface area contributed by atoms with Crippen LogP contribution in [0.3, 0.4) is 0 Å². The van der Waals surface area contributed by atoms with Gasteiger partial charge in [0.25, 0.3) is 0 Å². The highest BCUT2D eigenvalue weighted by atomic mass is 16.5. The molecule has 1 aliphatic rings. The Morgan fingerprint density at radius 2 is 2.17 bits per heavy atom. The third-order valence-corrected chi connectivity index (χ3v) is 3.30. The van der Waals surface area contributed by atoms with E-state index < -0.39 is 18.0 Å². The molecule has 0 saturated carbocycles. The SMILES string of the molecule is C=C=C1CC(c2ccccc2)OC1C(C)C(=O)O. The summed E-state index contributed by atoms with van der Waals surface area (Å²) in [4.78, 5) is 11.0. The zero-order chi connectivity index (χ0) is 13.1. The zero-order valence-corrected chi connectivity index (χ0v) is 10.3. The van der Waals surface area contributed by atoms with Crippen molar-refractivity contribution in [3.8, 4) is 0 Å². The maximum Gasteiger partial charge on any atom is 0.309 e. The van der Waals surface area contributed by atoms with Crippen LogP contribution in [0.1, 0.15) is 25.0 Å². The van der Waals surface area contributed by atoms with Gasteiger partial charge in [0, 0.05) is 12.0 Å². The van der Waals surface area contributed by atoms with Crippen LogP contribution in [0.4, 0.5) is 0 Å². The predicted octanol–water partition coefficient (Wildman–Crippen LogP) is 2.95. The van der Waals surface area contributed by atoms with Gasteiger partial charge in [0.2, 0.25) is 0 Å². The maximum absolute atomic E-state index is 11.0. The normalized spacial score (nSPS) is 24.6. The van der Waals surface area contributed by atoms with Gasteiger partial charge in [-0.25, -0.2) is 0 Å². The fourth-order valence-electron chi connectivity index (χ4n) is 2.21. The Hall–Kier alpha value is -1.83. The van der Waals surface area contributed by atoms with Crippen LogP contribution in [0, 0.1) is 5.92 Å². The molecule has 0 spiro atoms. The highest BCUT2D eigenvalue weighted by Gasteiger charge is 2.37. The molecule has 3 atom stereocenters. The van der Waals surface area contributed by atoms with Crippen molar-refractivity contribution in [2.45, 2.75) is 25.6 Å². The molecular weight excluding hydrogens is 228 g/mol. The zero-order valence-electron chi connectivity index (χ0n) is 10.3. The summed E-state index contributed by atoms with van der Waals surface area (Å²) in [6, 6.07) is 9.81. The number of aliphatic carboxylic acids is 1. The van der Waals surface area contributed by atoms with Gasteiger partial charge in [-0.15, -0.1) is 5.73 Å². The van der Waals surface area contributed by atoms with Crippen molar-refractivity contribution in [1.29, 1.82) is 0 Å². The lowest BCUT2D eigenvalue weighted by Crippen LogP contribution is -2.26. The molecule has 18 heavy (non-hydrogen) atoms. The van der Waals surface area contributed by atoms with Crippen LogP contribution in [0.2, 0.25) is 0 Å². The molecule has 3 heteroatoms. The Balaban J connectivity index is 2.22. The van der Waals surface area contributed by atoms with Crippen LogP contribution in [0.15, 0.2) is 48.2 Å². The molecule has 0 amide bonds. The van der Waals surface area contributed by atoms with Gasteiger partial charge >= 0.3 is 5.97 Å². The first-order valence-electron chi connectivity index (χ1n) is 5.95. The Morgan fingerprint density at radius 3 is 2.72 bits per heavy atom. The third-order valence-electron chi connectivity index (χ3n) is 3.30. The van der Waals surface area contributed by atoms with E-state index in [9.17, 15) is 4.79 Å². The molecule has 1 aromatic carbocycles. The van der Waals surface area contributed by atoms with Gasteiger partial charge < -0.3 is 9.84 Å². The van der Waals surface area contributed by atoms with Crippen LogP contribution in [-0.2, 0) is 9.53 Å². The Morgan fingerprint density at radius 1 is 1.50 bits per heavy atom. The molecule has 0 aromatic heterocycles. The first kappa shape index (κ1) is 12.6. The number of carboxylic acids is 1. The van der Waals surface area contributed by atoms with Crippen molar-refractivity contribution < 1.29 is 14.6 Å². The number of benzene rings is 1. The first-order valence-corrected chi connectivity index (χ1v) is 5.95. The second-order valence-electron chi connectivity index (χ2n) is 4.49.